The number of imidazole rings is 1. The molecule has 3 aromatic rings. The molecule has 0 radical (unpaired) electrons. The van der Waals surface area contributed by atoms with Crippen molar-refractivity contribution < 1.29 is 23.1 Å². The Labute approximate surface area is 223 Å². The predicted octanol–water partition coefficient (Wildman–Crippen LogP) is 2.57. The van der Waals surface area contributed by atoms with Gasteiger partial charge in [0.15, 0.2) is 10.8 Å². The Kier molecular flexibility index (Phi) is 8.39. The topological polar surface area (TPSA) is 117 Å². The molecule has 204 valence electrons. The Morgan fingerprint density at radius 2 is 1.95 bits per heavy atom. The Morgan fingerprint density at radius 1 is 1.21 bits per heavy atom. The van der Waals surface area contributed by atoms with Crippen molar-refractivity contribution in [3.63, 3.8) is 0 Å². The van der Waals surface area contributed by atoms with Crippen molar-refractivity contribution in [3.8, 4) is 5.75 Å². The Balaban J connectivity index is 1.71. The average molecular weight is 542 g/mol. The first kappa shape index (κ1) is 27.6. The number of benzene rings is 2. The van der Waals surface area contributed by atoms with E-state index in [4.69, 9.17) is 4.74 Å². The van der Waals surface area contributed by atoms with Crippen LogP contribution in [0.25, 0.3) is 0 Å². The molecule has 0 fully saturated rings. The largest absolute Gasteiger partial charge is 0.486 e. The fraction of sp³-hybridized carbons (Fsp3) is 0.407. The molecule has 2 N–H and O–H groups in total. The van der Waals surface area contributed by atoms with E-state index in [-0.39, 0.29) is 46.6 Å². The predicted molar refractivity (Wildman–Crippen MR) is 144 cm³/mol. The molecule has 0 unspecified atom stereocenters. The first-order valence-corrected chi connectivity index (χ1v) is 14.0. The van der Waals surface area contributed by atoms with E-state index in [2.05, 4.69) is 26.7 Å². The minimum atomic E-state index is -4.03. The average Bonchev–Trinajstić information content (AvgIpc) is 3.34. The molecular weight excluding hydrogens is 506 g/mol. The summed E-state index contributed by atoms with van der Waals surface area (Å²) in [6.07, 6.45) is 2.43. The van der Waals surface area contributed by atoms with Gasteiger partial charge in [-0.2, -0.15) is 8.42 Å². The van der Waals surface area contributed by atoms with E-state index >= 15 is 0 Å². The number of hydrogen-bond donors (Lipinski definition) is 2. The van der Waals surface area contributed by atoms with Gasteiger partial charge in [-0.3, -0.25) is 14.4 Å². The van der Waals surface area contributed by atoms with Crippen molar-refractivity contribution in [2.24, 2.45) is 13.0 Å². The van der Waals surface area contributed by atoms with Crippen molar-refractivity contribution in [2.75, 3.05) is 31.5 Å². The molecule has 2 aromatic carbocycles. The van der Waals surface area contributed by atoms with Crippen LogP contribution in [0, 0.1) is 5.92 Å². The van der Waals surface area contributed by atoms with Gasteiger partial charge in [0.05, 0.1) is 30.2 Å². The lowest BCUT2D eigenvalue weighted by Crippen LogP contribution is -2.49. The van der Waals surface area contributed by atoms with Crippen LogP contribution in [0.4, 0.5) is 5.69 Å². The smallest absolute Gasteiger partial charge is 0.281 e. The third-order valence-electron chi connectivity index (χ3n) is 6.68. The lowest BCUT2D eigenvalue weighted by molar-refractivity contribution is 0.0344. The fourth-order valence-electron chi connectivity index (χ4n) is 4.53. The number of amides is 1. The van der Waals surface area contributed by atoms with Crippen molar-refractivity contribution in [2.45, 2.75) is 37.6 Å². The second-order valence-corrected chi connectivity index (χ2v) is 11.6. The summed E-state index contributed by atoms with van der Waals surface area (Å²) in [5.74, 6) is -0.278. The molecule has 1 aliphatic rings. The molecule has 10 nitrogen and oxygen atoms in total. The number of aliphatic hydroxyl groups is 1. The van der Waals surface area contributed by atoms with Gasteiger partial charge in [0.2, 0.25) is 0 Å². The van der Waals surface area contributed by atoms with Crippen molar-refractivity contribution in [3.05, 3.63) is 72.2 Å². The molecule has 1 aliphatic heterocycles. The number of fused-ring (bicyclic) bond motifs is 1. The van der Waals surface area contributed by atoms with E-state index in [1.165, 1.54) is 12.5 Å². The van der Waals surface area contributed by atoms with Crippen LogP contribution in [0.2, 0.25) is 0 Å². The van der Waals surface area contributed by atoms with Crippen LogP contribution < -0.4 is 9.46 Å². The number of aryl methyl sites for hydroxylation is 1. The number of ether oxygens (including phenoxy) is 1. The third kappa shape index (κ3) is 6.17. The highest BCUT2D eigenvalue weighted by atomic mass is 32.2. The molecule has 3 atom stereocenters. The molecule has 0 bridgehead atoms. The first-order chi connectivity index (χ1) is 18.1. The van der Waals surface area contributed by atoms with Crippen molar-refractivity contribution in [1.29, 1.82) is 0 Å². The second kappa shape index (κ2) is 11.5. The van der Waals surface area contributed by atoms with E-state index in [9.17, 15) is 18.3 Å². The molecule has 4 rings (SSSR count). The van der Waals surface area contributed by atoms with Crippen molar-refractivity contribution in [1.82, 2.24) is 19.4 Å². The van der Waals surface area contributed by atoms with Crippen LogP contribution in [-0.2, 0) is 23.6 Å². The van der Waals surface area contributed by atoms with Crippen LogP contribution in [-0.4, -0.2) is 77.7 Å². The summed E-state index contributed by atoms with van der Waals surface area (Å²) >= 11 is 0. The highest BCUT2D eigenvalue weighted by Gasteiger charge is 2.35. The number of nitrogens with one attached hydrogen (secondary N) is 1. The maximum Gasteiger partial charge on any atom is 0.281 e. The molecule has 2 heterocycles. The van der Waals surface area contributed by atoms with Gasteiger partial charge in [0.25, 0.3) is 15.9 Å². The van der Waals surface area contributed by atoms with Gasteiger partial charge in [0, 0.05) is 38.8 Å². The van der Waals surface area contributed by atoms with Crippen molar-refractivity contribution >= 4 is 21.6 Å². The molecular formula is C27H35N5O5S. The zero-order chi connectivity index (χ0) is 27.4. The van der Waals surface area contributed by atoms with Gasteiger partial charge < -0.3 is 19.3 Å². The Hall–Kier alpha value is -3.41. The molecule has 0 aliphatic carbocycles. The number of nitrogens with zero attached hydrogens (tertiary/aromatic N) is 4. The van der Waals surface area contributed by atoms with Gasteiger partial charge in [-0.05, 0) is 31.7 Å². The second-order valence-electron chi connectivity index (χ2n) is 9.97. The fourth-order valence-corrected chi connectivity index (χ4v) is 5.58. The normalized spacial score (nSPS) is 18.9. The number of likely N-dealkylation sites (N-methyl/N-ethyl adjacent to an activating group) is 1. The van der Waals surface area contributed by atoms with E-state index in [0.717, 1.165) is 5.56 Å². The maximum absolute atomic E-state index is 13.6. The van der Waals surface area contributed by atoms with E-state index in [0.29, 0.717) is 19.6 Å². The number of aromatic nitrogens is 2. The van der Waals surface area contributed by atoms with Crippen LogP contribution in [0.3, 0.4) is 0 Å². The van der Waals surface area contributed by atoms with Gasteiger partial charge in [-0.15, -0.1) is 0 Å². The minimum Gasteiger partial charge on any atom is -0.486 e. The highest BCUT2D eigenvalue weighted by Crippen LogP contribution is 2.36. The minimum absolute atomic E-state index is 0.111. The van der Waals surface area contributed by atoms with Gasteiger partial charge in [-0.25, -0.2) is 4.98 Å². The summed E-state index contributed by atoms with van der Waals surface area (Å²) in [5.41, 5.74) is 1.54. The molecule has 38 heavy (non-hydrogen) atoms. The van der Waals surface area contributed by atoms with E-state index in [1.54, 1.807) is 41.6 Å². The van der Waals surface area contributed by atoms with Crippen LogP contribution in [0.5, 0.6) is 5.75 Å². The molecule has 0 saturated heterocycles. The lowest BCUT2D eigenvalue weighted by atomic mass is 9.99. The summed E-state index contributed by atoms with van der Waals surface area (Å²) in [6.45, 7) is 5.21. The summed E-state index contributed by atoms with van der Waals surface area (Å²) in [6, 6.07) is 14.5. The zero-order valence-corrected chi connectivity index (χ0v) is 22.9. The summed E-state index contributed by atoms with van der Waals surface area (Å²) in [5, 5.41) is 9.74. The molecule has 1 amide bonds. The van der Waals surface area contributed by atoms with Crippen LogP contribution >= 0.6 is 0 Å². The van der Waals surface area contributed by atoms with Gasteiger partial charge in [0.1, 0.15) is 6.10 Å². The summed E-state index contributed by atoms with van der Waals surface area (Å²) in [7, 11) is -0.352. The number of aliphatic hydroxyl groups excluding tert-OH is 1. The standard InChI is InChI=1S/C27H35N5O5S/c1-19-13-32(20(2)17-33)27(34)22-11-8-12-23(29-38(35,36)25-16-31(4)18-28-25)26(22)37-24(19)15-30(3)14-21-9-6-5-7-10-21/h5-12,16,18-20,24,29,33H,13-15,17H2,1-4H3/t19-,20-,24+/m1/s1. The number of anilines is 1. The monoisotopic (exact) mass is 541 g/mol. The molecule has 11 heteroatoms. The molecule has 1 aromatic heterocycles. The highest BCUT2D eigenvalue weighted by molar-refractivity contribution is 7.92. The number of rotatable bonds is 9. The third-order valence-corrected chi connectivity index (χ3v) is 7.93. The zero-order valence-electron chi connectivity index (χ0n) is 22.1. The Bertz CT molecular complexity index is 1360. The molecule has 0 saturated carbocycles. The number of carbonyl (C=O) groups excluding carboxylic acids is 1. The van der Waals surface area contributed by atoms with E-state index in [1.807, 2.05) is 32.2 Å². The number of sulfonamides is 1. The van der Waals surface area contributed by atoms with Gasteiger partial charge >= 0.3 is 0 Å². The van der Waals surface area contributed by atoms with E-state index < -0.39 is 16.1 Å². The van der Waals surface area contributed by atoms with Gasteiger partial charge in [-0.1, -0.05) is 43.3 Å². The maximum atomic E-state index is 13.6. The first-order valence-electron chi connectivity index (χ1n) is 12.5. The SMILES string of the molecule is C[C@@H]1CN([C@H](C)CO)C(=O)c2cccc(NS(=O)(=O)c3cn(C)cn3)c2O[C@H]1CN(C)Cc1ccccc1. The number of carbonyl (C=O) groups is 1. The summed E-state index contributed by atoms with van der Waals surface area (Å²) < 4.78 is 36.8. The van der Waals surface area contributed by atoms with Crippen LogP contribution in [0.1, 0.15) is 29.8 Å². The number of hydrogen-bond acceptors (Lipinski definition) is 7. The Morgan fingerprint density at radius 3 is 2.61 bits per heavy atom. The summed E-state index contributed by atoms with van der Waals surface area (Å²) in [4.78, 5) is 21.4. The quantitative estimate of drug-likeness (QED) is 0.428. The lowest BCUT2D eigenvalue weighted by Gasteiger charge is -2.38. The number of para-hydroxylation sites is 1. The molecule has 0 spiro atoms. The van der Waals surface area contributed by atoms with Crippen LogP contribution in [0.15, 0.2) is 66.1 Å².